The number of para-hydroxylation sites is 1. The largest absolute Gasteiger partial charge is 0.493 e. The fourth-order valence-corrected chi connectivity index (χ4v) is 2.81. The number of carbonyl (C=O) groups excluding carboxylic acids is 1. The van der Waals surface area contributed by atoms with Gasteiger partial charge in [-0.3, -0.25) is 4.79 Å². The highest BCUT2D eigenvalue weighted by Gasteiger charge is 2.30. The lowest BCUT2D eigenvalue weighted by Gasteiger charge is -2.30. The molecule has 0 radical (unpaired) electrons. The van der Waals surface area contributed by atoms with E-state index in [1.807, 2.05) is 38.1 Å². The van der Waals surface area contributed by atoms with E-state index in [4.69, 9.17) is 16.3 Å². The molecule has 1 N–H and O–H groups in total. The van der Waals surface area contributed by atoms with Gasteiger partial charge in [0.15, 0.2) is 0 Å². The van der Waals surface area contributed by atoms with Gasteiger partial charge in [-0.05, 0) is 32.8 Å². The summed E-state index contributed by atoms with van der Waals surface area (Å²) in [5.41, 5.74) is 0.708. The summed E-state index contributed by atoms with van der Waals surface area (Å²) in [6.07, 6.45) is 1.48. The van der Waals surface area contributed by atoms with Gasteiger partial charge in [0.1, 0.15) is 5.75 Å². The number of amides is 1. The minimum atomic E-state index is -0.272. The van der Waals surface area contributed by atoms with Crippen molar-refractivity contribution in [2.24, 2.45) is 0 Å². The molecule has 2 rings (SSSR count). The van der Waals surface area contributed by atoms with E-state index in [-0.39, 0.29) is 17.4 Å². The van der Waals surface area contributed by atoms with Gasteiger partial charge in [0.2, 0.25) is 5.91 Å². The first-order valence-electron chi connectivity index (χ1n) is 6.63. The van der Waals surface area contributed by atoms with Gasteiger partial charge in [0, 0.05) is 17.0 Å². The smallest absolute Gasteiger partial charge is 0.228 e. The Morgan fingerprint density at radius 2 is 2.21 bits per heavy atom. The summed E-state index contributed by atoms with van der Waals surface area (Å²) >= 11 is 5.77. The number of halogens is 1. The lowest BCUT2D eigenvalue weighted by Crippen LogP contribution is -2.46. The zero-order valence-corrected chi connectivity index (χ0v) is 12.2. The minimum Gasteiger partial charge on any atom is -0.493 e. The van der Waals surface area contributed by atoms with Crippen LogP contribution in [0.1, 0.15) is 38.2 Å². The molecule has 0 aliphatic carbocycles. The Morgan fingerprint density at radius 3 is 2.95 bits per heavy atom. The van der Waals surface area contributed by atoms with Crippen LogP contribution < -0.4 is 10.1 Å². The third-order valence-electron chi connectivity index (χ3n) is 3.46. The van der Waals surface area contributed by atoms with Crippen LogP contribution in [0.5, 0.6) is 5.75 Å². The molecule has 3 nitrogen and oxygen atoms in total. The highest BCUT2D eigenvalue weighted by Crippen LogP contribution is 2.33. The molecular formula is C15H20ClNO2. The van der Waals surface area contributed by atoms with E-state index in [0.717, 1.165) is 24.2 Å². The van der Waals surface area contributed by atoms with E-state index >= 15 is 0 Å². The van der Waals surface area contributed by atoms with Crippen LogP contribution in [0.25, 0.3) is 0 Å². The van der Waals surface area contributed by atoms with Crippen molar-refractivity contribution < 1.29 is 9.53 Å². The van der Waals surface area contributed by atoms with Crippen molar-refractivity contribution in [3.05, 3.63) is 29.8 Å². The van der Waals surface area contributed by atoms with Gasteiger partial charge in [-0.2, -0.15) is 0 Å². The molecule has 0 fully saturated rings. The number of benzene rings is 1. The third-order valence-corrected chi connectivity index (χ3v) is 3.65. The van der Waals surface area contributed by atoms with E-state index in [9.17, 15) is 4.79 Å². The number of fused-ring (bicyclic) bond motifs is 1. The minimum absolute atomic E-state index is 0.0610. The first-order valence-corrected chi connectivity index (χ1v) is 7.17. The van der Waals surface area contributed by atoms with Crippen molar-refractivity contribution in [2.45, 2.75) is 38.1 Å². The molecule has 4 heteroatoms. The number of alkyl halides is 1. The van der Waals surface area contributed by atoms with Gasteiger partial charge in [-0.25, -0.2) is 0 Å². The number of rotatable bonds is 4. The van der Waals surface area contributed by atoms with Gasteiger partial charge in [-0.1, -0.05) is 18.2 Å². The summed E-state index contributed by atoms with van der Waals surface area (Å²) in [5.74, 6) is 1.30. The van der Waals surface area contributed by atoms with E-state index in [1.165, 1.54) is 0 Å². The molecule has 0 spiro atoms. The molecule has 1 aromatic rings. The monoisotopic (exact) mass is 281 g/mol. The number of hydrogen-bond donors (Lipinski definition) is 1. The average molecular weight is 282 g/mol. The molecule has 0 saturated heterocycles. The van der Waals surface area contributed by atoms with Crippen molar-refractivity contribution in [2.75, 3.05) is 12.5 Å². The molecule has 1 unspecified atom stereocenters. The van der Waals surface area contributed by atoms with Crippen LogP contribution in [-0.4, -0.2) is 23.9 Å². The molecule has 1 amide bonds. The highest BCUT2D eigenvalue weighted by molar-refractivity contribution is 6.17. The summed E-state index contributed by atoms with van der Waals surface area (Å²) in [5, 5.41) is 3.09. The Labute approximate surface area is 119 Å². The number of ether oxygens (including phenoxy) is 1. The molecule has 1 atom stereocenters. The van der Waals surface area contributed by atoms with Crippen LogP contribution in [0.4, 0.5) is 0 Å². The van der Waals surface area contributed by atoms with Crippen LogP contribution in [0.2, 0.25) is 0 Å². The normalized spacial score (nSPS) is 18.4. The first-order chi connectivity index (χ1) is 9.03. The molecule has 104 valence electrons. The van der Waals surface area contributed by atoms with Gasteiger partial charge >= 0.3 is 0 Å². The van der Waals surface area contributed by atoms with Gasteiger partial charge in [0.25, 0.3) is 0 Å². The van der Waals surface area contributed by atoms with Crippen molar-refractivity contribution in [1.82, 2.24) is 5.32 Å². The molecule has 1 heterocycles. The van der Waals surface area contributed by atoms with Gasteiger partial charge in [0.05, 0.1) is 12.5 Å². The lowest BCUT2D eigenvalue weighted by molar-refractivity contribution is -0.124. The summed E-state index contributed by atoms with van der Waals surface area (Å²) in [7, 11) is 0. The van der Waals surface area contributed by atoms with E-state index in [2.05, 4.69) is 5.32 Å². The Kier molecular flexibility index (Phi) is 4.35. The van der Waals surface area contributed by atoms with Crippen LogP contribution in [0.3, 0.4) is 0 Å². The second-order valence-electron chi connectivity index (χ2n) is 5.54. The van der Waals surface area contributed by atoms with E-state index in [1.54, 1.807) is 0 Å². The zero-order chi connectivity index (χ0) is 13.9. The second-order valence-corrected chi connectivity index (χ2v) is 5.92. The third kappa shape index (κ3) is 3.41. The Morgan fingerprint density at radius 1 is 1.47 bits per heavy atom. The molecule has 19 heavy (non-hydrogen) atoms. The van der Waals surface area contributed by atoms with Crippen molar-refractivity contribution in [3.8, 4) is 5.75 Å². The molecule has 1 aliphatic rings. The Hall–Kier alpha value is -1.22. The van der Waals surface area contributed by atoms with Gasteiger partial charge < -0.3 is 10.1 Å². The summed E-state index contributed by atoms with van der Waals surface area (Å²) in [6.45, 7) is 4.59. The van der Waals surface area contributed by atoms with E-state index in [0.29, 0.717) is 12.5 Å². The summed E-state index contributed by atoms with van der Waals surface area (Å²) in [6, 6.07) is 7.75. The van der Waals surface area contributed by atoms with Gasteiger partial charge in [-0.15, -0.1) is 11.6 Å². The molecule has 0 bridgehead atoms. The molecular weight excluding hydrogens is 262 g/mol. The fraction of sp³-hybridized carbons (Fsp3) is 0.533. The van der Waals surface area contributed by atoms with Crippen LogP contribution >= 0.6 is 11.6 Å². The Bertz CT molecular complexity index is 459. The second kappa shape index (κ2) is 5.83. The highest BCUT2D eigenvalue weighted by atomic mass is 35.5. The van der Waals surface area contributed by atoms with Crippen molar-refractivity contribution in [3.63, 3.8) is 0 Å². The SMILES string of the molecule is CC(C)(CCCl)NC(=O)C1CCOc2ccccc21. The summed E-state index contributed by atoms with van der Waals surface area (Å²) in [4.78, 5) is 12.4. The molecule has 1 aromatic carbocycles. The fourth-order valence-electron chi connectivity index (χ4n) is 2.33. The maximum atomic E-state index is 12.4. The Balaban J connectivity index is 2.13. The first kappa shape index (κ1) is 14.2. The zero-order valence-electron chi connectivity index (χ0n) is 11.4. The van der Waals surface area contributed by atoms with Crippen LogP contribution in [0, 0.1) is 0 Å². The van der Waals surface area contributed by atoms with Crippen molar-refractivity contribution in [1.29, 1.82) is 0 Å². The van der Waals surface area contributed by atoms with E-state index < -0.39 is 0 Å². The molecule has 1 aliphatic heterocycles. The predicted octanol–water partition coefficient (Wildman–Crippen LogP) is 3.08. The molecule has 0 saturated carbocycles. The maximum Gasteiger partial charge on any atom is 0.228 e. The maximum absolute atomic E-state index is 12.4. The number of hydrogen-bond acceptors (Lipinski definition) is 2. The topological polar surface area (TPSA) is 38.3 Å². The number of nitrogens with one attached hydrogen (secondary N) is 1. The lowest BCUT2D eigenvalue weighted by atomic mass is 9.90. The quantitative estimate of drug-likeness (QED) is 0.862. The predicted molar refractivity (Wildman–Crippen MR) is 76.9 cm³/mol. The van der Waals surface area contributed by atoms with Crippen LogP contribution in [-0.2, 0) is 4.79 Å². The number of carbonyl (C=O) groups is 1. The summed E-state index contributed by atoms with van der Waals surface area (Å²) < 4.78 is 5.58. The molecule has 0 aromatic heterocycles. The standard InChI is InChI=1S/C15H20ClNO2/c1-15(2,8-9-16)17-14(18)12-7-10-19-13-6-4-3-5-11(12)13/h3-6,12H,7-10H2,1-2H3,(H,17,18). The average Bonchev–Trinajstić information content (AvgIpc) is 2.37. The van der Waals surface area contributed by atoms with Crippen molar-refractivity contribution >= 4 is 17.5 Å². The van der Waals surface area contributed by atoms with Crippen LogP contribution in [0.15, 0.2) is 24.3 Å².